The molecule has 3 aromatic rings. The van der Waals surface area contributed by atoms with E-state index >= 15 is 0 Å². The first-order valence-electron chi connectivity index (χ1n) is 9.49. The van der Waals surface area contributed by atoms with Crippen LogP contribution in [0.25, 0.3) is 10.4 Å². The molecule has 0 unspecified atom stereocenters. The number of rotatable bonds is 9. The van der Waals surface area contributed by atoms with Crippen molar-refractivity contribution in [3.05, 3.63) is 77.4 Å². The number of thiophene rings is 1. The molecule has 1 atom stereocenters. The van der Waals surface area contributed by atoms with Gasteiger partial charge in [0, 0.05) is 11.4 Å². The Balaban J connectivity index is 1.80. The summed E-state index contributed by atoms with van der Waals surface area (Å²) in [6.07, 6.45) is 1.63. The van der Waals surface area contributed by atoms with Crippen molar-refractivity contribution in [3.8, 4) is 10.4 Å². The van der Waals surface area contributed by atoms with Crippen LogP contribution in [0, 0.1) is 0 Å². The fourth-order valence-corrected chi connectivity index (χ4v) is 4.43. The highest BCUT2D eigenvalue weighted by atomic mass is 32.1. The Morgan fingerprint density at radius 1 is 1.03 bits per heavy atom. The van der Waals surface area contributed by atoms with E-state index in [1.165, 1.54) is 16.9 Å². The number of nitrogens with two attached hydrogens (primary N) is 2. The number of carbonyl (C=O) groups excluding carboxylic acids is 2. The van der Waals surface area contributed by atoms with Gasteiger partial charge in [0.25, 0.3) is 5.91 Å². The minimum Gasteiger partial charge on any atom is -0.366 e. The highest BCUT2D eigenvalue weighted by Gasteiger charge is 2.17. The van der Waals surface area contributed by atoms with Crippen molar-refractivity contribution in [1.29, 1.82) is 0 Å². The van der Waals surface area contributed by atoms with Crippen molar-refractivity contribution in [1.82, 2.24) is 5.48 Å². The van der Waals surface area contributed by atoms with Crippen LogP contribution in [0.4, 0.5) is 9.80 Å². The van der Waals surface area contributed by atoms with Gasteiger partial charge < -0.3 is 16.7 Å². The van der Waals surface area contributed by atoms with Gasteiger partial charge in [0.2, 0.25) is 0 Å². The van der Waals surface area contributed by atoms with E-state index in [2.05, 4.69) is 22.9 Å². The molecule has 0 saturated carbocycles. The predicted octanol–water partition coefficient (Wildman–Crippen LogP) is 3.70. The average molecular weight is 425 g/mol. The van der Waals surface area contributed by atoms with Crippen LogP contribution >= 0.6 is 11.3 Å². The van der Waals surface area contributed by atoms with Gasteiger partial charge in [-0.25, -0.2) is 10.3 Å². The third-order valence-electron chi connectivity index (χ3n) is 4.83. The number of nitrogens with one attached hydrogen (secondary N) is 2. The van der Waals surface area contributed by atoms with Crippen LogP contribution in [0.5, 0.6) is 0 Å². The second kappa shape index (κ2) is 10.0. The second-order valence-electron chi connectivity index (χ2n) is 6.91. The van der Waals surface area contributed by atoms with Crippen molar-refractivity contribution < 1.29 is 14.8 Å². The Morgan fingerprint density at radius 2 is 1.73 bits per heavy atom. The van der Waals surface area contributed by atoms with E-state index in [1.807, 2.05) is 42.5 Å². The second-order valence-corrected chi connectivity index (χ2v) is 7.96. The highest BCUT2D eigenvalue weighted by Crippen LogP contribution is 2.35. The number of hydrogen-bond donors (Lipinski definition) is 5. The monoisotopic (exact) mass is 424 g/mol. The standard InChI is InChI=1S/C22H24N4O3S/c23-20(27)18-13-19(30-21(18)26-22(24)28)16-8-6-14(7-9-16)12-17(10-11-25-29)15-4-2-1-3-5-15/h1-9,13,17,25,29H,10-12H2,(H2,23,27)(H3,24,26,28)/t17-/m0/s1. The van der Waals surface area contributed by atoms with Crippen LogP contribution in [-0.2, 0) is 6.42 Å². The number of primary amides is 2. The maximum Gasteiger partial charge on any atom is 0.317 e. The summed E-state index contributed by atoms with van der Waals surface area (Å²) in [6.45, 7) is 0.512. The number of carbonyl (C=O) groups is 2. The first-order valence-corrected chi connectivity index (χ1v) is 10.3. The number of anilines is 1. The summed E-state index contributed by atoms with van der Waals surface area (Å²) in [5, 5.41) is 11.8. The van der Waals surface area contributed by atoms with Crippen molar-refractivity contribution in [2.45, 2.75) is 18.8 Å². The minimum atomic E-state index is -0.745. The molecule has 3 amide bonds. The molecule has 0 aliphatic heterocycles. The molecule has 30 heavy (non-hydrogen) atoms. The lowest BCUT2D eigenvalue weighted by molar-refractivity contribution is 0.100. The zero-order valence-corrected chi connectivity index (χ0v) is 17.1. The molecule has 7 N–H and O–H groups in total. The molecule has 0 spiro atoms. The number of hydroxylamine groups is 1. The summed E-state index contributed by atoms with van der Waals surface area (Å²) in [4.78, 5) is 23.6. The van der Waals surface area contributed by atoms with Crippen molar-refractivity contribution in [2.24, 2.45) is 11.5 Å². The normalized spacial score (nSPS) is 11.8. The summed E-state index contributed by atoms with van der Waals surface area (Å²) in [5.41, 5.74) is 16.4. The van der Waals surface area contributed by atoms with Gasteiger partial charge in [0.05, 0.1) is 5.56 Å². The molecule has 7 nitrogen and oxygen atoms in total. The number of amides is 3. The molecular weight excluding hydrogens is 400 g/mol. The highest BCUT2D eigenvalue weighted by molar-refractivity contribution is 7.20. The van der Waals surface area contributed by atoms with Gasteiger partial charge in [0.1, 0.15) is 5.00 Å². The minimum absolute atomic E-state index is 0.235. The Labute approximate surface area is 178 Å². The van der Waals surface area contributed by atoms with Crippen LogP contribution in [-0.4, -0.2) is 23.7 Å². The average Bonchev–Trinajstić information content (AvgIpc) is 3.15. The molecular formula is C22H24N4O3S. The van der Waals surface area contributed by atoms with E-state index in [9.17, 15) is 9.59 Å². The first-order chi connectivity index (χ1) is 14.5. The van der Waals surface area contributed by atoms with Crippen LogP contribution in [0.3, 0.4) is 0 Å². The van der Waals surface area contributed by atoms with Crippen molar-refractivity contribution in [3.63, 3.8) is 0 Å². The summed E-state index contributed by atoms with van der Waals surface area (Å²) < 4.78 is 0. The van der Waals surface area contributed by atoms with Gasteiger partial charge in [-0.1, -0.05) is 54.6 Å². The quantitative estimate of drug-likeness (QED) is 0.335. The van der Waals surface area contributed by atoms with Gasteiger partial charge in [-0.15, -0.1) is 11.3 Å². The fourth-order valence-electron chi connectivity index (χ4n) is 3.36. The number of urea groups is 1. The van der Waals surface area contributed by atoms with E-state index in [1.54, 1.807) is 6.07 Å². The number of benzene rings is 2. The maximum atomic E-state index is 11.7. The van der Waals surface area contributed by atoms with E-state index in [4.69, 9.17) is 16.7 Å². The van der Waals surface area contributed by atoms with Gasteiger partial charge in [-0.05, 0) is 41.5 Å². The lowest BCUT2D eigenvalue weighted by Crippen LogP contribution is -2.21. The summed E-state index contributed by atoms with van der Waals surface area (Å²) in [6, 6.07) is 19.2. The van der Waals surface area contributed by atoms with Crippen molar-refractivity contribution in [2.75, 3.05) is 11.9 Å². The molecule has 2 aromatic carbocycles. The fraction of sp³-hybridized carbons (Fsp3) is 0.182. The lowest BCUT2D eigenvalue weighted by Gasteiger charge is -2.17. The van der Waals surface area contributed by atoms with Crippen LogP contribution in [0.2, 0.25) is 0 Å². The topological polar surface area (TPSA) is 130 Å². The molecule has 0 fully saturated rings. The van der Waals surface area contributed by atoms with E-state index < -0.39 is 11.9 Å². The Morgan fingerprint density at radius 3 is 2.33 bits per heavy atom. The molecule has 0 bridgehead atoms. The van der Waals surface area contributed by atoms with Crippen LogP contribution < -0.4 is 22.3 Å². The molecule has 0 aliphatic rings. The van der Waals surface area contributed by atoms with E-state index in [0.717, 1.165) is 28.8 Å². The summed E-state index contributed by atoms with van der Waals surface area (Å²) in [5.74, 6) is -0.354. The molecule has 8 heteroatoms. The van der Waals surface area contributed by atoms with Gasteiger partial charge in [-0.3, -0.25) is 10.1 Å². The van der Waals surface area contributed by atoms with Gasteiger partial charge >= 0.3 is 6.03 Å². The summed E-state index contributed by atoms with van der Waals surface area (Å²) in [7, 11) is 0. The molecule has 1 heterocycles. The Bertz CT molecular complexity index is 1000. The first kappa shape index (κ1) is 21.5. The number of hydrogen-bond acceptors (Lipinski definition) is 5. The van der Waals surface area contributed by atoms with Crippen LogP contribution in [0.1, 0.15) is 33.8 Å². The van der Waals surface area contributed by atoms with Crippen molar-refractivity contribution >= 4 is 28.3 Å². The molecule has 156 valence electrons. The zero-order valence-electron chi connectivity index (χ0n) is 16.3. The smallest absolute Gasteiger partial charge is 0.317 e. The van der Waals surface area contributed by atoms with Gasteiger partial charge in [-0.2, -0.15) is 0 Å². The zero-order chi connectivity index (χ0) is 21.5. The largest absolute Gasteiger partial charge is 0.366 e. The Kier molecular flexibility index (Phi) is 7.18. The SMILES string of the molecule is NC(=O)Nc1sc(-c2ccc(C[C@H](CCNO)c3ccccc3)cc2)cc1C(N)=O. The molecule has 1 aromatic heterocycles. The van der Waals surface area contributed by atoms with Gasteiger partial charge in [0.15, 0.2) is 0 Å². The predicted molar refractivity (Wildman–Crippen MR) is 119 cm³/mol. The Hall–Kier alpha value is -3.20. The summed E-state index contributed by atoms with van der Waals surface area (Å²) >= 11 is 1.25. The molecule has 3 rings (SSSR count). The molecule has 0 saturated heterocycles. The maximum absolute atomic E-state index is 11.7. The molecule has 0 radical (unpaired) electrons. The lowest BCUT2D eigenvalue weighted by atomic mass is 9.89. The van der Waals surface area contributed by atoms with E-state index in [-0.39, 0.29) is 11.5 Å². The van der Waals surface area contributed by atoms with Crippen LogP contribution in [0.15, 0.2) is 60.7 Å². The molecule has 0 aliphatic carbocycles. The third-order valence-corrected chi connectivity index (χ3v) is 5.93. The van der Waals surface area contributed by atoms with E-state index in [0.29, 0.717) is 11.5 Å². The third kappa shape index (κ3) is 5.44.